The number of allylic oxidation sites excluding steroid dienone is 2. The van der Waals surface area contributed by atoms with Crippen molar-refractivity contribution in [2.45, 2.75) is 154 Å². The summed E-state index contributed by atoms with van der Waals surface area (Å²) in [7, 11) is 0. The van der Waals surface area contributed by atoms with Crippen molar-refractivity contribution < 1.29 is 67.8 Å². The molecule has 61 heavy (non-hydrogen) atoms. The Hall–Kier alpha value is -4.70. The zero-order valence-corrected chi connectivity index (χ0v) is 36.1. The number of fused-ring (bicyclic) bond motifs is 5. The number of Topliss-reactive ketones (excluding diaryl/α,β-unsaturated/α-hetero) is 1. The fourth-order valence-electron chi connectivity index (χ4n) is 10.3. The molecule has 332 valence electrons. The van der Waals surface area contributed by atoms with E-state index in [1.165, 1.54) is 32.1 Å². The third kappa shape index (κ3) is 7.98. The topological polar surface area (TPSA) is 221 Å². The average Bonchev–Trinajstić information content (AvgIpc) is 3.21. The summed E-state index contributed by atoms with van der Waals surface area (Å²) in [6.45, 7) is 12.0. The van der Waals surface area contributed by atoms with Crippen molar-refractivity contribution in [2.75, 3.05) is 6.61 Å². The minimum atomic E-state index is -2.36. The second-order valence-corrected chi connectivity index (χ2v) is 18.1. The van der Waals surface area contributed by atoms with Crippen molar-refractivity contribution in [3.8, 4) is 0 Å². The summed E-state index contributed by atoms with van der Waals surface area (Å²) in [6, 6.07) is 6.67. The van der Waals surface area contributed by atoms with E-state index in [0.717, 1.165) is 26.2 Å². The molecule has 1 heterocycles. The van der Waals surface area contributed by atoms with Crippen molar-refractivity contribution in [3.63, 3.8) is 0 Å². The predicted molar refractivity (Wildman–Crippen MR) is 217 cm³/mol. The Morgan fingerprint density at radius 2 is 1.70 bits per heavy atom. The molecule has 15 nitrogen and oxygen atoms in total. The van der Waals surface area contributed by atoms with Crippen LogP contribution in [0.15, 0.2) is 64.8 Å². The van der Waals surface area contributed by atoms with Crippen LogP contribution in [-0.4, -0.2) is 111 Å². The lowest BCUT2D eigenvalue weighted by atomic mass is 9.44. The van der Waals surface area contributed by atoms with Crippen LogP contribution in [0, 0.1) is 16.7 Å². The number of aliphatic hydroxyl groups is 3. The molecule has 4 aliphatic carbocycles. The summed E-state index contributed by atoms with van der Waals surface area (Å²) in [6.07, 6.45) is -4.04. The Morgan fingerprint density at radius 3 is 2.28 bits per heavy atom. The minimum Gasteiger partial charge on any atom is -0.456 e. The zero-order valence-electron chi connectivity index (χ0n) is 36.1. The number of nitrogens with one attached hydrogen (secondary N) is 1. The normalized spacial score (nSPS) is 33.6. The average molecular weight is 850 g/mol. The van der Waals surface area contributed by atoms with Crippen molar-refractivity contribution in [2.24, 2.45) is 16.7 Å². The van der Waals surface area contributed by atoms with Crippen molar-refractivity contribution >= 4 is 35.6 Å². The van der Waals surface area contributed by atoms with Gasteiger partial charge in [0.2, 0.25) is 5.91 Å². The molecule has 1 aliphatic heterocycles. The summed E-state index contributed by atoms with van der Waals surface area (Å²) < 4.78 is 30.4. The first kappa shape index (κ1) is 45.8. The van der Waals surface area contributed by atoms with E-state index in [2.05, 4.69) is 5.32 Å². The van der Waals surface area contributed by atoms with Gasteiger partial charge in [-0.25, -0.2) is 9.59 Å². The number of amides is 1. The standard InChI is InChI=1S/C46H59NO14/c1-9-33(50)59-36-34-25(4)30(58-42(55)35(51)29(20-24(2)3)47-40(53)27-16-12-10-13-17-27)22-46(56,43(34,6)7)39(60-41(54)28-18-14-11-15-19-28)37-44(8,38(36)52)31(49)21-32-45(37,23-57-32)61-26(5)48/h11,14-16,18-20,29-32,35-37,39,49,51,56H,9-10,12-13,17,21-23H2,1-8H3,(H,47,53)/t29-,30-,31-,32+,35+,36+,37?,39-,44+,45-,46+/m0/s1. The number of aliphatic hydroxyl groups excluding tert-OH is 2. The molecule has 1 unspecified atom stereocenters. The quantitative estimate of drug-likeness (QED) is 0.141. The van der Waals surface area contributed by atoms with Gasteiger partial charge < -0.3 is 44.3 Å². The molecule has 5 aliphatic rings. The monoisotopic (exact) mass is 849 g/mol. The van der Waals surface area contributed by atoms with E-state index in [1.54, 1.807) is 52.8 Å². The van der Waals surface area contributed by atoms with Crippen LogP contribution in [0.25, 0.3) is 0 Å². The molecule has 0 spiro atoms. The van der Waals surface area contributed by atoms with Crippen LogP contribution in [0.4, 0.5) is 0 Å². The number of carbonyl (C=O) groups is 6. The number of carbonyl (C=O) groups excluding carboxylic acids is 6. The Balaban J connectivity index is 1.53. The Kier molecular flexibility index (Phi) is 12.9. The number of ether oxygens (including phenoxy) is 5. The first-order chi connectivity index (χ1) is 28.6. The Bertz CT molecular complexity index is 2030. The molecule has 15 heteroatoms. The van der Waals surface area contributed by atoms with E-state index < -0.39 is 113 Å². The van der Waals surface area contributed by atoms with Crippen LogP contribution in [0.3, 0.4) is 0 Å². The van der Waals surface area contributed by atoms with Gasteiger partial charge in [0.05, 0.1) is 35.6 Å². The SMILES string of the molecule is CCC(=O)O[C@H]1C(=O)[C@@]2(C)C([C@H](OC(=O)c3ccccc3)[C@]3(O)C[C@H](OC(=O)[C@H](O)[C@H](C=C(C)C)NC(=O)C4=CCCCC4)C(C)=C1C3(C)C)[C@]1(OC(C)=O)CO[C@@H]1C[C@@H]2O. The van der Waals surface area contributed by atoms with Gasteiger partial charge in [-0.05, 0) is 76.7 Å². The van der Waals surface area contributed by atoms with Crippen molar-refractivity contribution in [1.82, 2.24) is 5.32 Å². The van der Waals surface area contributed by atoms with Crippen LogP contribution >= 0.6 is 0 Å². The van der Waals surface area contributed by atoms with Gasteiger partial charge in [-0.2, -0.15) is 0 Å². The maximum atomic E-state index is 15.5. The molecule has 0 aromatic heterocycles. The first-order valence-corrected chi connectivity index (χ1v) is 21.1. The third-order valence-electron chi connectivity index (χ3n) is 13.7. The highest BCUT2D eigenvalue weighted by Gasteiger charge is 2.78. The number of hydrogen-bond donors (Lipinski definition) is 4. The molecule has 2 saturated carbocycles. The molecular weight excluding hydrogens is 790 g/mol. The summed E-state index contributed by atoms with van der Waals surface area (Å²) in [5, 5.41) is 40.1. The van der Waals surface area contributed by atoms with Gasteiger partial charge in [-0.1, -0.05) is 56.7 Å². The van der Waals surface area contributed by atoms with Gasteiger partial charge in [0.15, 0.2) is 23.6 Å². The van der Waals surface area contributed by atoms with E-state index in [1.807, 2.05) is 6.08 Å². The summed E-state index contributed by atoms with van der Waals surface area (Å²) in [5.41, 5.74) is -6.26. The van der Waals surface area contributed by atoms with E-state index in [9.17, 15) is 39.3 Å². The Labute approximate surface area is 355 Å². The first-order valence-electron chi connectivity index (χ1n) is 21.1. The van der Waals surface area contributed by atoms with E-state index in [-0.39, 0.29) is 36.2 Å². The highest BCUT2D eigenvalue weighted by Crippen LogP contribution is 2.64. The molecule has 1 saturated heterocycles. The largest absolute Gasteiger partial charge is 0.456 e. The number of benzene rings is 1. The molecular formula is C46H59NO14. The van der Waals surface area contributed by atoms with Gasteiger partial charge in [-0.3, -0.25) is 19.2 Å². The van der Waals surface area contributed by atoms with Gasteiger partial charge in [0.1, 0.15) is 23.9 Å². The number of esters is 4. The lowest BCUT2D eigenvalue weighted by Gasteiger charge is -2.67. The highest BCUT2D eigenvalue weighted by molar-refractivity contribution is 5.96. The van der Waals surface area contributed by atoms with Crippen molar-refractivity contribution in [1.29, 1.82) is 0 Å². The second kappa shape index (κ2) is 17.2. The van der Waals surface area contributed by atoms with Crippen LogP contribution in [-0.2, 0) is 47.7 Å². The van der Waals surface area contributed by atoms with E-state index in [4.69, 9.17) is 23.7 Å². The molecule has 1 aromatic rings. The smallest absolute Gasteiger partial charge is 0.338 e. The molecule has 6 rings (SSSR count). The van der Waals surface area contributed by atoms with E-state index in [0.29, 0.717) is 17.6 Å². The lowest BCUT2D eigenvalue weighted by molar-refractivity contribution is -0.346. The molecule has 11 atom stereocenters. The molecule has 0 radical (unpaired) electrons. The molecule has 1 aromatic carbocycles. The fraction of sp³-hybridized carbons (Fsp3) is 0.609. The maximum absolute atomic E-state index is 15.5. The fourth-order valence-corrected chi connectivity index (χ4v) is 10.3. The molecule has 3 fully saturated rings. The molecule has 1 amide bonds. The molecule has 4 N–H and O–H groups in total. The number of ketones is 1. The summed E-state index contributed by atoms with van der Waals surface area (Å²) >= 11 is 0. The van der Waals surface area contributed by atoms with Crippen LogP contribution in [0.1, 0.15) is 111 Å². The lowest BCUT2D eigenvalue weighted by Crippen LogP contribution is -2.82. The van der Waals surface area contributed by atoms with Gasteiger partial charge in [0.25, 0.3) is 0 Å². The number of hydrogen-bond acceptors (Lipinski definition) is 14. The van der Waals surface area contributed by atoms with Crippen LogP contribution in [0.2, 0.25) is 0 Å². The maximum Gasteiger partial charge on any atom is 0.338 e. The van der Waals surface area contributed by atoms with Gasteiger partial charge in [-0.15, -0.1) is 0 Å². The highest BCUT2D eigenvalue weighted by atomic mass is 16.6. The number of rotatable bonds is 11. The zero-order chi connectivity index (χ0) is 44.8. The third-order valence-corrected chi connectivity index (χ3v) is 13.7. The second-order valence-electron chi connectivity index (χ2n) is 18.1. The van der Waals surface area contributed by atoms with Gasteiger partial charge >= 0.3 is 23.9 Å². The molecule has 2 bridgehead atoms. The predicted octanol–water partition coefficient (Wildman–Crippen LogP) is 3.91. The van der Waals surface area contributed by atoms with Crippen LogP contribution in [0.5, 0.6) is 0 Å². The summed E-state index contributed by atoms with van der Waals surface area (Å²) in [4.78, 5) is 83.6. The summed E-state index contributed by atoms with van der Waals surface area (Å²) in [5.74, 6) is -6.47. The Morgan fingerprint density at radius 1 is 1.02 bits per heavy atom. The van der Waals surface area contributed by atoms with Gasteiger partial charge in [0, 0.05) is 37.2 Å². The minimum absolute atomic E-state index is 0.0277. The van der Waals surface area contributed by atoms with Crippen LogP contribution < -0.4 is 5.32 Å². The van der Waals surface area contributed by atoms with E-state index >= 15 is 4.79 Å². The van der Waals surface area contributed by atoms with Crippen molar-refractivity contribution in [3.05, 3.63) is 70.3 Å².